The number of hydrogen-bond acceptors (Lipinski definition) is 3. The molecule has 1 heterocycles. The van der Waals surface area contributed by atoms with Crippen LogP contribution in [0.4, 0.5) is 5.82 Å². The fourth-order valence-electron chi connectivity index (χ4n) is 1.61. The third-order valence-corrected chi connectivity index (χ3v) is 2.53. The Labute approximate surface area is 111 Å². The quantitative estimate of drug-likeness (QED) is 0.840. The minimum Gasteiger partial charge on any atom is -0.370 e. The average molecular weight is 249 g/mol. The fraction of sp³-hybridized carbons (Fsp3) is 0.667. The number of anilines is 1. The van der Waals surface area contributed by atoms with Crippen LogP contribution in [0.25, 0.3) is 0 Å². The van der Waals surface area contributed by atoms with Crippen molar-refractivity contribution < 1.29 is 0 Å². The summed E-state index contributed by atoms with van der Waals surface area (Å²) in [6.07, 6.45) is 0. The summed E-state index contributed by atoms with van der Waals surface area (Å²) in [6.45, 7) is 14.8. The molecule has 0 saturated carbocycles. The summed E-state index contributed by atoms with van der Waals surface area (Å²) in [5, 5.41) is 6.89. The molecule has 3 heteroatoms. The summed E-state index contributed by atoms with van der Waals surface area (Å²) in [6, 6.07) is 4.27. The first-order valence-corrected chi connectivity index (χ1v) is 6.73. The van der Waals surface area contributed by atoms with Crippen LogP contribution in [0, 0.1) is 12.8 Å². The Morgan fingerprint density at radius 1 is 1.22 bits per heavy atom. The molecule has 0 amide bonds. The smallest absolute Gasteiger partial charge is 0.126 e. The Hall–Kier alpha value is -1.09. The van der Waals surface area contributed by atoms with Crippen molar-refractivity contribution in [2.45, 2.75) is 53.6 Å². The lowest BCUT2D eigenvalue weighted by atomic mass is 10.1. The lowest BCUT2D eigenvalue weighted by Crippen LogP contribution is -2.35. The van der Waals surface area contributed by atoms with Crippen LogP contribution >= 0.6 is 0 Å². The summed E-state index contributed by atoms with van der Waals surface area (Å²) >= 11 is 0. The van der Waals surface area contributed by atoms with Gasteiger partial charge in [-0.15, -0.1) is 0 Å². The summed E-state index contributed by atoms with van der Waals surface area (Å²) in [4.78, 5) is 4.51. The zero-order chi connectivity index (χ0) is 13.8. The molecule has 2 N–H and O–H groups in total. The van der Waals surface area contributed by atoms with Gasteiger partial charge in [0.25, 0.3) is 0 Å². The highest BCUT2D eigenvalue weighted by Gasteiger charge is 2.09. The molecule has 0 saturated heterocycles. The topological polar surface area (TPSA) is 37.0 Å². The van der Waals surface area contributed by atoms with Crippen molar-refractivity contribution in [3.05, 3.63) is 23.4 Å². The number of aromatic nitrogens is 1. The summed E-state index contributed by atoms with van der Waals surface area (Å²) in [7, 11) is 0. The first-order valence-electron chi connectivity index (χ1n) is 6.73. The Kier molecular flexibility index (Phi) is 5.15. The molecule has 0 aliphatic rings. The Bertz CT molecular complexity index is 378. The maximum absolute atomic E-state index is 4.51. The Morgan fingerprint density at radius 3 is 2.44 bits per heavy atom. The van der Waals surface area contributed by atoms with Crippen molar-refractivity contribution in [2.24, 2.45) is 5.92 Å². The van der Waals surface area contributed by atoms with Gasteiger partial charge in [-0.2, -0.15) is 0 Å². The zero-order valence-electron chi connectivity index (χ0n) is 12.6. The predicted molar refractivity (Wildman–Crippen MR) is 78.9 cm³/mol. The van der Waals surface area contributed by atoms with Crippen molar-refractivity contribution in [3.8, 4) is 0 Å². The van der Waals surface area contributed by atoms with Gasteiger partial charge in [-0.1, -0.05) is 13.8 Å². The zero-order valence-corrected chi connectivity index (χ0v) is 12.6. The minimum absolute atomic E-state index is 0.142. The molecule has 0 spiro atoms. The number of hydrogen-bond donors (Lipinski definition) is 2. The van der Waals surface area contributed by atoms with Gasteiger partial charge in [0.2, 0.25) is 0 Å². The van der Waals surface area contributed by atoms with Crippen LogP contribution in [0.3, 0.4) is 0 Å². The van der Waals surface area contributed by atoms with E-state index in [-0.39, 0.29) is 5.54 Å². The standard InChI is InChI=1S/C15H27N3/c1-11(2)9-16-14-8-13(7-12(3)18-14)10-17-15(4,5)6/h7-8,11,17H,9-10H2,1-6H3,(H,16,18). The van der Waals surface area contributed by atoms with Crippen LogP contribution < -0.4 is 10.6 Å². The highest BCUT2D eigenvalue weighted by atomic mass is 15.0. The molecule has 0 radical (unpaired) electrons. The first kappa shape index (κ1) is 15.0. The maximum atomic E-state index is 4.51. The molecule has 3 nitrogen and oxygen atoms in total. The second-order valence-corrected chi connectivity index (χ2v) is 6.38. The Balaban J connectivity index is 2.68. The molecule has 0 bridgehead atoms. The number of pyridine rings is 1. The van der Waals surface area contributed by atoms with E-state index < -0.39 is 0 Å². The van der Waals surface area contributed by atoms with E-state index in [1.54, 1.807) is 0 Å². The largest absolute Gasteiger partial charge is 0.370 e. The third kappa shape index (κ3) is 6.01. The number of rotatable bonds is 5. The minimum atomic E-state index is 0.142. The molecular weight excluding hydrogens is 222 g/mol. The predicted octanol–water partition coefficient (Wildman–Crippen LogP) is 3.35. The highest BCUT2D eigenvalue weighted by molar-refractivity contribution is 5.39. The van der Waals surface area contributed by atoms with Crippen LogP contribution in [0.15, 0.2) is 12.1 Å². The van der Waals surface area contributed by atoms with Gasteiger partial charge in [0.15, 0.2) is 0 Å². The van der Waals surface area contributed by atoms with Gasteiger partial charge in [-0.05, 0) is 51.3 Å². The molecular formula is C15H27N3. The molecule has 0 fully saturated rings. The van der Waals surface area contributed by atoms with Gasteiger partial charge in [0.1, 0.15) is 5.82 Å². The third-order valence-electron chi connectivity index (χ3n) is 2.53. The molecule has 0 aliphatic heterocycles. The van der Waals surface area contributed by atoms with Crippen LogP contribution in [-0.2, 0) is 6.54 Å². The van der Waals surface area contributed by atoms with Gasteiger partial charge in [-0.25, -0.2) is 4.98 Å². The normalized spacial score (nSPS) is 11.9. The summed E-state index contributed by atoms with van der Waals surface area (Å²) in [5.41, 5.74) is 2.49. The van der Waals surface area contributed by atoms with Crippen LogP contribution in [0.2, 0.25) is 0 Å². The van der Waals surface area contributed by atoms with Crippen molar-refractivity contribution in [3.63, 3.8) is 0 Å². The van der Waals surface area contributed by atoms with Crippen molar-refractivity contribution in [1.29, 1.82) is 0 Å². The highest BCUT2D eigenvalue weighted by Crippen LogP contribution is 2.12. The van der Waals surface area contributed by atoms with E-state index in [4.69, 9.17) is 0 Å². The molecule has 0 unspecified atom stereocenters. The van der Waals surface area contributed by atoms with Gasteiger partial charge >= 0.3 is 0 Å². The van der Waals surface area contributed by atoms with Crippen molar-refractivity contribution in [2.75, 3.05) is 11.9 Å². The van der Waals surface area contributed by atoms with E-state index >= 15 is 0 Å². The van der Waals surface area contributed by atoms with Crippen LogP contribution in [0.5, 0.6) is 0 Å². The number of aryl methyl sites for hydroxylation is 1. The lowest BCUT2D eigenvalue weighted by molar-refractivity contribution is 0.424. The average Bonchev–Trinajstić information content (AvgIpc) is 2.22. The molecule has 0 aromatic carbocycles. The summed E-state index contributed by atoms with van der Waals surface area (Å²) in [5.74, 6) is 1.61. The molecule has 1 aromatic heterocycles. The van der Waals surface area contributed by atoms with Crippen LogP contribution in [-0.4, -0.2) is 17.1 Å². The van der Waals surface area contributed by atoms with E-state index in [1.807, 2.05) is 6.92 Å². The van der Waals surface area contributed by atoms with Gasteiger partial charge in [0, 0.05) is 24.3 Å². The van der Waals surface area contributed by atoms with E-state index in [0.29, 0.717) is 5.92 Å². The van der Waals surface area contributed by atoms with Crippen molar-refractivity contribution >= 4 is 5.82 Å². The maximum Gasteiger partial charge on any atom is 0.126 e. The Morgan fingerprint density at radius 2 is 1.89 bits per heavy atom. The van der Waals surface area contributed by atoms with Gasteiger partial charge in [-0.3, -0.25) is 0 Å². The number of nitrogens with zero attached hydrogens (tertiary/aromatic N) is 1. The molecule has 1 rings (SSSR count). The molecule has 18 heavy (non-hydrogen) atoms. The van der Waals surface area contributed by atoms with Gasteiger partial charge < -0.3 is 10.6 Å². The molecule has 102 valence electrons. The van der Waals surface area contributed by atoms with Gasteiger partial charge in [0.05, 0.1) is 0 Å². The van der Waals surface area contributed by atoms with Crippen LogP contribution in [0.1, 0.15) is 45.9 Å². The monoisotopic (exact) mass is 249 g/mol. The fourth-order valence-corrected chi connectivity index (χ4v) is 1.61. The summed E-state index contributed by atoms with van der Waals surface area (Å²) < 4.78 is 0. The molecule has 1 aromatic rings. The number of nitrogens with one attached hydrogen (secondary N) is 2. The molecule has 0 aliphatic carbocycles. The van der Waals surface area contributed by atoms with E-state index in [1.165, 1.54) is 5.56 Å². The van der Waals surface area contributed by atoms with Crippen molar-refractivity contribution in [1.82, 2.24) is 10.3 Å². The van der Waals surface area contributed by atoms with E-state index in [9.17, 15) is 0 Å². The second kappa shape index (κ2) is 6.19. The van der Waals surface area contributed by atoms with E-state index in [2.05, 4.69) is 62.4 Å². The van der Waals surface area contributed by atoms with E-state index in [0.717, 1.165) is 24.6 Å². The first-order chi connectivity index (χ1) is 8.26. The molecule has 0 atom stereocenters. The SMILES string of the molecule is Cc1cc(CNC(C)(C)C)cc(NCC(C)C)n1. The second-order valence-electron chi connectivity index (χ2n) is 6.38. The lowest BCUT2D eigenvalue weighted by Gasteiger charge is -2.21.